The molecule has 0 rings (SSSR count). The van der Waals surface area contributed by atoms with Crippen molar-refractivity contribution in [1.29, 1.82) is 0 Å². The highest BCUT2D eigenvalue weighted by molar-refractivity contribution is 5.78. The second kappa shape index (κ2) is 9.00. The first-order chi connectivity index (χ1) is 6.76. The summed E-state index contributed by atoms with van der Waals surface area (Å²) in [6, 6.07) is 0. The Bertz CT molecular complexity index is 142. The van der Waals surface area contributed by atoms with Crippen LogP contribution in [0.5, 0.6) is 0 Å². The normalized spacial score (nSPS) is 10.6. The van der Waals surface area contributed by atoms with Gasteiger partial charge in [0.2, 0.25) is 5.91 Å². The molecule has 0 aliphatic rings. The number of carbonyl (C=O) groups is 1. The first-order valence-corrected chi connectivity index (χ1v) is 5.68. The van der Waals surface area contributed by atoms with Crippen LogP contribution in [0.25, 0.3) is 0 Å². The molecule has 0 heterocycles. The molecule has 1 amide bonds. The van der Waals surface area contributed by atoms with Crippen LogP contribution in [0.1, 0.15) is 39.5 Å². The predicted octanol–water partition coefficient (Wildman–Crippen LogP) is 1.54. The van der Waals surface area contributed by atoms with E-state index in [4.69, 9.17) is 0 Å². The Kier molecular flexibility index (Phi) is 8.64. The Morgan fingerprint density at radius 2 is 1.71 bits per heavy atom. The maximum absolute atomic E-state index is 11.7. The molecule has 0 aromatic rings. The van der Waals surface area contributed by atoms with Crippen molar-refractivity contribution in [2.45, 2.75) is 39.5 Å². The SMILES string of the molecule is CCCC(CCC)C(=O)NCCNC. The van der Waals surface area contributed by atoms with E-state index < -0.39 is 0 Å². The molecule has 0 aliphatic carbocycles. The fourth-order valence-electron chi connectivity index (χ4n) is 1.56. The third-order valence-corrected chi connectivity index (χ3v) is 2.32. The van der Waals surface area contributed by atoms with E-state index in [1.165, 1.54) is 0 Å². The molecule has 0 radical (unpaired) electrons. The summed E-state index contributed by atoms with van der Waals surface area (Å²) in [6.45, 7) is 5.84. The van der Waals surface area contributed by atoms with Gasteiger partial charge < -0.3 is 10.6 Å². The topological polar surface area (TPSA) is 41.1 Å². The molecule has 84 valence electrons. The van der Waals surface area contributed by atoms with Gasteiger partial charge in [-0.15, -0.1) is 0 Å². The van der Waals surface area contributed by atoms with Gasteiger partial charge in [-0.1, -0.05) is 26.7 Å². The molecule has 2 N–H and O–H groups in total. The molecule has 0 aliphatic heterocycles. The summed E-state index contributed by atoms with van der Waals surface area (Å²) in [6.07, 6.45) is 4.20. The molecule has 0 aromatic heterocycles. The van der Waals surface area contributed by atoms with Gasteiger partial charge in [-0.2, -0.15) is 0 Å². The minimum Gasteiger partial charge on any atom is -0.355 e. The number of nitrogens with one attached hydrogen (secondary N) is 2. The summed E-state index contributed by atoms with van der Waals surface area (Å²) in [5, 5.41) is 5.96. The average molecular weight is 200 g/mol. The van der Waals surface area contributed by atoms with Crippen LogP contribution in [0.3, 0.4) is 0 Å². The molecule has 0 atom stereocenters. The number of carbonyl (C=O) groups excluding carboxylic acids is 1. The van der Waals surface area contributed by atoms with Crippen LogP contribution in [0, 0.1) is 5.92 Å². The van der Waals surface area contributed by atoms with Crippen LogP contribution in [0.4, 0.5) is 0 Å². The van der Waals surface area contributed by atoms with Crippen LogP contribution in [-0.2, 0) is 4.79 Å². The van der Waals surface area contributed by atoms with Gasteiger partial charge in [0.25, 0.3) is 0 Å². The Labute approximate surface area is 87.6 Å². The Hall–Kier alpha value is -0.570. The van der Waals surface area contributed by atoms with E-state index in [-0.39, 0.29) is 11.8 Å². The molecular formula is C11H24N2O. The largest absolute Gasteiger partial charge is 0.355 e. The first-order valence-electron chi connectivity index (χ1n) is 5.68. The van der Waals surface area contributed by atoms with Gasteiger partial charge in [-0.25, -0.2) is 0 Å². The molecule has 0 bridgehead atoms. The molecule has 0 saturated heterocycles. The second-order valence-electron chi connectivity index (χ2n) is 3.67. The van der Waals surface area contributed by atoms with E-state index in [0.717, 1.165) is 38.8 Å². The van der Waals surface area contributed by atoms with Gasteiger partial charge in [0.1, 0.15) is 0 Å². The van der Waals surface area contributed by atoms with Crippen molar-refractivity contribution in [3.8, 4) is 0 Å². The summed E-state index contributed by atoms with van der Waals surface area (Å²) in [7, 11) is 1.89. The van der Waals surface area contributed by atoms with Crippen molar-refractivity contribution in [2.24, 2.45) is 5.92 Å². The molecule has 0 spiro atoms. The second-order valence-corrected chi connectivity index (χ2v) is 3.67. The average Bonchev–Trinajstić information content (AvgIpc) is 2.18. The summed E-state index contributed by atoms with van der Waals surface area (Å²) in [5.74, 6) is 0.450. The number of amides is 1. The third kappa shape index (κ3) is 5.97. The maximum Gasteiger partial charge on any atom is 0.223 e. The molecule has 0 unspecified atom stereocenters. The highest BCUT2D eigenvalue weighted by Gasteiger charge is 2.15. The summed E-state index contributed by atoms with van der Waals surface area (Å²) in [5.41, 5.74) is 0. The molecule has 0 aromatic carbocycles. The molecule has 0 saturated carbocycles. The van der Waals surface area contributed by atoms with Crippen molar-refractivity contribution < 1.29 is 4.79 Å². The summed E-state index contributed by atoms with van der Waals surface area (Å²) < 4.78 is 0. The fourth-order valence-corrected chi connectivity index (χ4v) is 1.56. The number of hydrogen-bond donors (Lipinski definition) is 2. The monoisotopic (exact) mass is 200 g/mol. The zero-order valence-electron chi connectivity index (χ0n) is 9.73. The number of hydrogen-bond acceptors (Lipinski definition) is 2. The standard InChI is InChI=1S/C11H24N2O/c1-4-6-10(7-5-2)11(14)13-9-8-12-3/h10,12H,4-9H2,1-3H3,(H,13,14). The minimum absolute atomic E-state index is 0.224. The highest BCUT2D eigenvalue weighted by atomic mass is 16.1. The summed E-state index contributed by atoms with van der Waals surface area (Å²) >= 11 is 0. The lowest BCUT2D eigenvalue weighted by Crippen LogP contribution is -2.35. The summed E-state index contributed by atoms with van der Waals surface area (Å²) in [4.78, 5) is 11.7. The minimum atomic E-state index is 0.224. The van der Waals surface area contributed by atoms with Crippen LogP contribution >= 0.6 is 0 Å². The van der Waals surface area contributed by atoms with E-state index in [9.17, 15) is 4.79 Å². The maximum atomic E-state index is 11.7. The van der Waals surface area contributed by atoms with E-state index >= 15 is 0 Å². The lowest BCUT2D eigenvalue weighted by atomic mass is 9.97. The molecule has 14 heavy (non-hydrogen) atoms. The third-order valence-electron chi connectivity index (χ3n) is 2.32. The predicted molar refractivity (Wildman–Crippen MR) is 60.2 cm³/mol. The number of rotatable bonds is 8. The van der Waals surface area contributed by atoms with Gasteiger partial charge in [-0.05, 0) is 19.9 Å². The Morgan fingerprint density at radius 3 is 2.14 bits per heavy atom. The molecular weight excluding hydrogens is 176 g/mol. The van der Waals surface area contributed by atoms with Gasteiger partial charge in [0.05, 0.1) is 0 Å². The fraction of sp³-hybridized carbons (Fsp3) is 0.909. The van der Waals surface area contributed by atoms with Crippen molar-refractivity contribution in [2.75, 3.05) is 20.1 Å². The quantitative estimate of drug-likeness (QED) is 0.584. The molecule has 3 nitrogen and oxygen atoms in total. The molecule has 3 heteroatoms. The van der Waals surface area contributed by atoms with Crippen molar-refractivity contribution in [3.63, 3.8) is 0 Å². The van der Waals surface area contributed by atoms with Crippen LogP contribution < -0.4 is 10.6 Å². The van der Waals surface area contributed by atoms with E-state index in [1.54, 1.807) is 0 Å². The number of likely N-dealkylation sites (N-methyl/N-ethyl adjacent to an activating group) is 1. The van der Waals surface area contributed by atoms with Crippen LogP contribution in [-0.4, -0.2) is 26.0 Å². The van der Waals surface area contributed by atoms with Gasteiger partial charge in [0.15, 0.2) is 0 Å². The van der Waals surface area contributed by atoms with E-state index in [1.807, 2.05) is 7.05 Å². The first kappa shape index (κ1) is 13.4. The zero-order chi connectivity index (χ0) is 10.8. The lowest BCUT2D eigenvalue weighted by Gasteiger charge is -2.14. The Morgan fingerprint density at radius 1 is 1.14 bits per heavy atom. The van der Waals surface area contributed by atoms with E-state index in [2.05, 4.69) is 24.5 Å². The lowest BCUT2D eigenvalue weighted by molar-refractivity contribution is -0.125. The van der Waals surface area contributed by atoms with Gasteiger partial charge >= 0.3 is 0 Å². The van der Waals surface area contributed by atoms with Crippen molar-refractivity contribution in [3.05, 3.63) is 0 Å². The smallest absolute Gasteiger partial charge is 0.223 e. The van der Waals surface area contributed by atoms with Crippen LogP contribution in [0.15, 0.2) is 0 Å². The highest BCUT2D eigenvalue weighted by Crippen LogP contribution is 2.13. The van der Waals surface area contributed by atoms with Gasteiger partial charge in [-0.3, -0.25) is 4.79 Å². The Balaban J connectivity index is 3.76. The zero-order valence-corrected chi connectivity index (χ0v) is 9.73. The van der Waals surface area contributed by atoms with E-state index in [0.29, 0.717) is 0 Å². The molecule has 0 fully saturated rings. The van der Waals surface area contributed by atoms with Crippen LogP contribution in [0.2, 0.25) is 0 Å². The van der Waals surface area contributed by atoms with Crippen molar-refractivity contribution in [1.82, 2.24) is 10.6 Å². The van der Waals surface area contributed by atoms with Gasteiger partial charge in [0, 0.05) is 19.0 Å². The van der Waals surface area contributed by atoms with Crippen molar-refractivity contribution >= 4 is 5.91 Å².